The number of carbonyl (C=O) groups is 2. The van der Waals surface area contributed by atoms with Crippen molar-refractivity contribution in [2.75, 3.05) is 18.4 Å². The first-order chi connectivity index (χ1) is 13.4. The maximum Gasteiger partial charge on any atom is 0.226 e. The fourth-order valence-electron chi connectivity index (χ4n) is 3.35. The van der Waals surface area contributed by atoms with Gasteiger partial charge in [-0.15, -0.1) is 11.3 Å². The Bertz CT molecular complexity index is 838. The summed E-state index contributed by atoms with van der Waals surface area (Å²) in [4.78, 5) is 31.5. The van der Waals surface area contributed by atoms with E-state index in [1.165, 1.54) is 24.2 Å². The van der Waals surface area contributed by atoms with E-state index in [0.717, 1.165) is 42.4 Å². The fourth-order valence-corrected chi connectivity index (χ4v) is 4.07. The van der Waals surface area contributed by atoms with Crippen LogP contribution < -0.4 is 5.32 Å². The minimum Gasteiger partial charge on any atom is -0.302 e. The van der Waals surface area contributed by atoms with Gasteiger partial charge in [0.15, 0.2) is 10.9 Å². The van der Waals surface area contributed by atoms with Crippen LogP contribution >= 0.6 is 11.3 Å². The van der Waals surface area contributed by atoms with E-state index in [-0.39, 0.29) is 24.5 Å². The molecule has 5 nitrogen and oxygen atoms in total. The second-order valence-electron chi connectivity index (χ2n) is 7.87. The summed E-state index contributed by atoms with van der Waals surface area (Å²) in [6.45, 7) is 9.37. The molecule has 3 rings (SSSR count). The number of likely N-dealkylation sites (tertiary alicyclic amines) is 1. The number of amides is 1. The van der Waals surface area contributed by atoms with E-state index in [2.05, 4.69) is 22.1 Å². The number of ketones is 1. The highest BCUT2D eigenvalue weighted by Crippen LogP contribution is 2.21. The van der Waals surface area contributed by atoms with Crippen LogP contribution in [0.1, 0.15) is 59.8 Å². The molecule has 1 aromatic carbocycles. The normalized spacial score (nSPS) is 15.5. The molecule has 6 heteroatoms. The molecular weight excluding hydrogens is 370 g/mol. The van der Waals surface area contributed by atoms with Crippen LogP contribution in [-0.2, 0) is 11.3 Å². The Kier molecular flexibility index (Phi) is 6.97. The third kappa shape index (κ3) is 5.72. The van der Waals surface area contributed by atoms with Crippen LogP contribution in [0.3, 0.4) is 0 Å². The molecule has 0 atom stereocenters. The molecule has 150 valence electrons. The summed E-state index contributed by atoms with van der Waals surface area (Å²) in [5.41, 5.74) is 3.92. The molecule has 1 saturated heterocycles. The average Bonchev–Trinajstić information content (AvgIpc) is 3.10. The van der Waals surface area contributed by atoms with E-state index in [4.69, 9.17) is 0 Å². The van der Waals surface area contributed by atoms with Gasteiger partial charge in [0.1, 0.15) is 0 Å². The molecule has 28 heavy (non-hydrogen) atoms. The van der Waals surface area contributed by atoms with E-state index in [0.29, 0.717) is 10.7 Å². The lowest BCUT2D eigenvalue weighted by molar-refractivity contribution is -0.116. The van der Waals surface area contributed by atoms with Gasteiger partial charge in [-0.05, 0) is 62.9 Å². The van der Waals surface area contributed by atoms with Crippen molar-refractivity contribution >= 4 is 28.2 Å². The molecule has 0 bridgehead atoms. The Labute approximate surface area is 171 Å². The lowest BCUT2D eigenvalue weighted by Gasteiger charge is -2.29. The first-order valence-electron chi connectivity index (χ1n) is 9.98. The van der Waals surface area contributed by atoms with Crippen LogP contribution in [0, 0.1) is 19.8 Å². The van der Waals surface area contributed by atoms with Gasteiger partial charge in [-0.1, -0.05) is 19.1 Å². The van der Waals surface area contributed by atoms with Crippen LogP contribution in [0.4, 0.5) is 5.13 Å². The lowest BCUT2D eigenvalue weighted by atomic mass is 9.99. The standard InChI is InChI=1S/C22H29N3O2S/c1-15-8-10-25(11-9-15)13-19-14-28-22(23-19)24-21(27)7-6-20(26)18-5-4-16(2)17(3)12-18/h4-5,12,14-15H,6-11,13H2,1-3H3,(H,23,24,27). The number of benzene rings is 1. The maximum absolute atomic E-state index is 12.3. The van der Waals surface area contributed by atoms with Gasteiger partial charge < -0.3 is 5.32 Å². The largest absolute Gasteiger partial charge is 0.302 e. The van der Waals surface area contributed by atoms with E-state index in [1.54, 1.807) is 0 Å². The molecular formula is C22H29N3O2S. The molecule has 1 aliphatic heterocycles. The smallest absolute Gasteiger partial charge is 0.226 e. The predicted molar refractivity (Wildman–Crippen MR) is 114 cm³/mol. The van der Waals surface area contributed by atoms with Crippen molar-refractivity contribution in [3.05, 3.63) is 46.0 Å². The quantitative estimate of drug-likeness (QED) is 0.692. The summed E-state index contributed by atoms with van der Waals surface area (Å²) in [7, 11) is 0. The molecule has 1 aromatic heterocycles. The number of aromatic nitrogens is 1. The third-order valence-corrected chi connectivity index (χ3v) is 6.27. The highest BCUT2D eigenvalue weighted by atomic mass is 32.1. The Morgan fingerprint density at radius 3 is 2.64 bits per heavy atom. The Balaban J connectivity index is 1.45. The lowest BCUT2D eigenvalue weighted by Crippen LogP contribution is -2.32. The molecule has 1 amide bonds. The number of hydrogen-bond acceptors (Lipinski definition) is 5. The molecule has 0 spiro atoms. The summed E-state index contributed by atoms with van der Waals surface area (Å²) in [6.07, 6.45) is 2.85. The van der Waals surface area contributed by atoms with Gasteiger partial charge in [-0.2, -0.15) is 0 Å². The number of nitrogens with zero attached hydrogens (tertiary/aromatic N) is 2. The minimum absolute atomic E-state index is 0.00240. The van der Waals surface area contributed by atoms with Gasteiger partial charge in [-0.25, -0.2) is 4.98 Å². The zero-order chi connectivity index (χ0) is 20.1. The first kappa shape index (κ1) is 20.7. The summed E-state index contributed by atoms with van der Waals surface area (Å²) < 4.78 is 0. The predicted octanol–water partition coefficient (Wildman–Crippen LogP) is 4.59. The molecule has 1 aliphatic rings. The second kappa shape index (κ2) is 9.43. The second-order valence-corrected chi connectivity index (χ2v) is 8.73. The van der Waals surface area contributed by atoms with Crippen molar-refractivity contribution in [2.24, 2.45) is 5.92 Å². The Morgan fingerprint density at radius 1 is 1.18 bits per heavy atom. The molecule has 0 unspecified atom stereocenters. The molecule has 1 N–H and O–H groups in total. The van der Waals surface area contributed by atoms with E-state index in [1.807, 2.05) is 37.4 Å². The molecule has 2 heterocycles. The summed E-state index contributed by atoms with van der Waals surface area (Å²) in [5, 5.41) is 5.45. The van der Waals surface area contributed by atoms with Crippen LogP contribution in [0.2, 0.25) is 0 Å². The van der Waals surface area contributed by atoms with Crippen molar-refractivity contribution in [3.63, 3.8) is 0 Å². The van der Waals surface area contributed by atoms with Gasteiger partial charge >= 0.3 is 0 Å². The minimum atomic E-state index is -0.162. The number of nitrogens with one attached hydrogen (secondary N) is 1. The summed E-state index contributed by atoms with van der Waals surface area (Å²) in [6, 6.07) is 5.67. The molecule has 1 fully saturated rings. The number of aryl methyl sites for hydroxylation is 2. The SMILES string of the molecule is Cc1ccc(C(=O)CCC(=O)Nc2nc(CN3CCC(C)CC3)cs2)cc1C. The van der Waals surface area contributed by atoms with Gasteiger partial charge in [0.25, 0.3) is 0 Å². The number of thiazole rings is 1. The topological polar surface area (TPSA) is 62.3 Å². The van der Waals surface area contributed by atoms with Crippen LogP contribution in [-0.4, -0.2) is 34.7 Å². The number of hydrogen-bond donors (Lipinski definition) is 1. The third-order valence-electron chi connectivity index (χ3n) is 5.47. The molecule has 0 saturated carbocycles. The monoisotopic (exact) mass is 399 g/mol. The van der Waals surface area contributed by atoms with E-state index < -0.39 is 0 Å². The number of anilines is 1. The fraction of sp³-hybridized carbons (Fsp3) is 0.500. The van der Waals surface area contributed by atoms with E-state index >= 15 is 0 Å². The first-order valence-corrected chi connectivity index (χ1v) is 10.9. The Hall–Kier alpha value is -2.05. The molecule has 0 aliphatic carbocycles. The van der Waals surface area contributed by atoms with Crippen molar-refractivity contribution in [1.82, 2.24) is 9.88 Å². The summed E-state index contributed by atoms with van der Waals surface area (Å²) >= 11 is 1.45. The number of piperidine rings is 1. The van der Waals surface area contributed by atoms with Crippen molar-refractivity contribution in [2.45, 2.75) is 53.0 Å². The van der Waals surface area contributed by atoms with Gasteiger partial charge in [0.05, 0.1) is 5.69 Å². The highest BCUT2D eigenvalue weighted by molar-refractivity contribution is 7.13. The zero-order valence-corrected chi connectivity index (χ0v) is 17.8. The summed E-state index contributed by atoms with van der Waals surface area (Å²) in [5.74, 6) is 0.648. The van der Waals surface area contributed by atoms with Crippen molar-refractivity contribution in [1.29, 1.82) is 0 Å². The van der Waals surface area contributed by atoms with E-state index in [9.17, 15) is 9.59 Å². The van der Waals surface area contributed by atoms with Crippen molar-refractivity contribution in [3.8, 4) is 0 Å². The van der Waals surface area contributed by atoms with Crippen LogP contribution in [0.15, 0.2) is 23.6 Å². The molecule has 2 aromatic rings. The number of carbonyl (C=O) groups excluding carboxylic acids is 2. The number of Topliss-reactive ketones (excluding diaryl/α,β-unsaturated/α-hetero) is 1. The highest BCUT2D eigenvalue weighted by Gasteiger charge is 2.17. The zero-order valence-electron chi connectivity index (χ0n) is 17.0. The maximum atomic E-state index is 12.3. The van der Waals surface area contributed by atoms with Crippen LogP contribution in [0.5, 0.6) is 0 Å². The van der Waals surface area contributed by atoms with Gasteiger partial charge in [0, 0.05) is 30.3 Å². The van der Waals surface area contributed by atoms with Gasteiger partial charge in [-0.3, -0.25) is 14.5 Å². The van der Waals surface area contributed by atoms with Gasteiger partial charge in [0.2, 0.25) is 5.91 Å². The molecule has 0 radical (unpaired) electrons. The van der Waals surface area contributed by atoms with Crippen molar-refractivity contribution < 1.29 is 9.59 Å². The van der Waals surface area contributed by atoms with Crippen LogP contribution in [0.25, 0.3) is 0 Å². The average molecular weight is 400 g/mol. The Morgan fingerprint density at radius 2 is 1.93 bits per heavy atom. The number of rotatable bonds is 7.